The number of carbonyl (C=O) groups excluding carboxylic acids is 3. The van der Waals surface area contributed by atoms with Crippen LogP contribution in [0, 0.1) is 25.2 Å². The van der Waals surface area contributed by atoms with E-state index in [1.54, 1.807) is 31.2 Å². The number of nitrogens with one attached hydrogen (secondary N) is 1. The lowest BCUT2D eigenvalue weighted by molar-refractivity contribution is -0.148. The first-order valence-corrected chi connectivity index (χ1v) is 10.1. The molecular weight excluding hydrogens is 394 g/mol. The van der Waals surface area contributed by atoms with Crippen LogP contribution in [0.1, 0.15) is 41.3 Å². The van der Waals surface area contributed by atoms with Crippen molar-refractivity contribution in [3.8, 4) is 6.07 Å². The molecule has 1 N–H and O–H groups in total. The Balaban J connectivity index is 1.91. The summed E-state index contributed by atoms with van der Waals surface area (Å²) >= 11 is 0. The zero-order valence-electron chi connectivity index (χ0n) is 18.1. The zero-order chi connectivity index (χ0) is 22.8. The van der Waals surface area contributed by atoms with Gasteiger partial charge in [0.2, 0.25) is 0 Å². The summed E-state index contributed by atoms with van der Waals surface area (Å²) in [6.07, 6.45) is 0.100. The Kier molecular flexibility index (Phi) is 8.77. The van der Waals surface area contributed by atoms with Crippen molar-refractivity contribution in [2.24, 2.45) is 0 Å². The minimum absolute atomic E-state index is 0.0619. The van der Waals surface area contributed by atoms with E-state index in [9.17, 15) is 14.4 Å². The Hall–Kier alpha value is -3.66. The number of ether oxygens (including phenoxy) is 1. The first-order chi connectivity index (χ1) is 14.8. The highest BCUT2D eigenvalue weighted by Crippen LogP contribution is 2.19. The molecule has 0 bridgehead atoms. The average molecular weight is 421 g/mol. The summed E-state index contributed by atoms with van der Waals surface area (Å²) in [4.78, 5) is 38.5. The Bertz CT molecular complexity index is 946. The number of hydrogen-bond donors (Lipinski definition) is 1. The maximum absolute atomic E-state index is 12.7. The van der Waals surface area contributed by atoms with Gasteiger partial charge in [0.25, 0.3) is 11.8 Å². The quantitative estimate of drug-likeness (QED) is 0.626. The minimum Gasteiger partial charge on any atom is -0.455 e. The SMILES string of the molecule is Cc1cc(C)cc(N(CCC#N)C(=O)COC(=O)C[C@H](C)NC(=O)c2ccccc2)c1. The molecule has 7 nitrogen and oxygen atoms in total. The van der Waals surface area contributed by atoms with Crippen LogP contribution in [0.4, 0.5) is 5.69 Å². The number of esters is 1. The summed E-state index contributed by atoms with van der Waals surface area (Å²) in [6.45, 7) is 5.32. The molecule has 0 aliphatic carbocycles. The molecule has 7 heteroatoms. The summed E-state index contributed by atoms with van der Waals surface area (Å²) in [5.74, 6) is -1.28. The van der Waals surface area contributed by atoms with Gasteiger partial charge in [-0.05, 0) is 56.2 Å². The van der Waals surface area contributed by atoms with Gasteiger partial charge in [0.15, 0.2) is 6.61 Å². The molecule has 31 heavy (non-hydrogen) atoms. The maximum Gasteiger partial charge on any atom is 0.308 e. The Morgan fingerprint density at radius 3 is 2.35 bits per heavy atom. The van der Waals surface area contributed by atoms with Gasteiger partial charge in [0, 0.05) is 23.8 Å². The van der Waals surface area contributed by atoms with E-state index in [-0.39, 0.29) is 25.3 Å². The molecule has 0 heterocycles. The highest BCUT2D eigenvalue weighted by molar-refractivity contribution is 5.96. The third kappa shape index (κ3) is 7.59. The second kappa shape index (κ2) is 11.5. The monoisotopic (exact) mass is 421 g/mol. The lowest BCUT2D eigenvalue weighted by Gasteiger charge is -2.23. The number of amides is 2. The van der Waals surface area contributed by atoms with Gasteiger partial charge in [0.05, 0.1) is 18.9 Å². The number of benzene rings is 2. The van der Waals surface area contributed by atoms with Crippen LogP contribution < -0.4 is 10.2 Å². The fourth-order valence-corrected chi connectivity index (χ4v) is 3.14. The van der Waals surface area contributed by atoms with Gasteiger partial charge in [0.1, 0.15) is 0 Å². The Morgan fingerprint density at radius 1 is 1.10 bits per heavy atom. The smallest absolute Gasteiger partial charge is 0.308 e. The highest BCUT2D eigenvalue weighted by atomic mass is 16.5. The standard InChI is InChI=1S/C24H27N3O4/c1-17-12-18(2)14-21(13-17)27(11-7-10-25)22(28)16-31-23(29)15-19(3)26-24(30)20-8-5-4-6-9-20/h4-6,8-9,12-14,19H,7,11,15-16H2,1-3H3,(H,26,30)/t19-/m0/s1. The normalized spacial score (nSPS) is 11.2. The van der Waals surface area contributed by atoms with E-state index in [0.29, 0.717) is 11.3 Å². The van der Waals surface area contributed by atoms with Gasteiger partial charge in [-0.25, -0.2) is 0 Å². The van der Waals surface area contributed by atoms with E-state index in [0.717, 1.165) is 11.1 Å². The van der Waals surface area contributed by atoms with E-state index in [1.165, 1.54) is 4.90 Å². The van der Waals surface area contributed by atoms with Crippen molar-refractivity contribution < 1.29 is 19.1 Å². The van der Waals surface area contributed by atoms with Crippen LogP contribution >= 0.6 is 0 Å². The molecule has 162 valence electrons. The van der Waals surface area contributed by atoms with Crippen molar-refractivity contribution in [2.45, 2.75) is 39.7 Å². The predicted octanol–water partition coefficient (Wildman–Crippen LogP) is 3.30. The maximum atomic E-state index is 12.7. The van der Waals surface area contributed by atoms with Gasteiger partial charge in [-0.15, -0.1) is 0 Å². The van der Waals surface area contributed by atoms with Gasteiger partial charge in [-0.1, -0.05) is 24.3 Å². The van der Waals surface area contributed by atoms with Gasteiger partial charge in [-0.3, -0.25) is 14.4 Å². The first-order valence-electron chi connectivity index (χ1n) is 10.1. The molecule has 2 amide bonds. The third-order valence-electron chi connectivity index (χ3n) is 4.51. The van der Waals surface area contributed by atoms with Crippen molar-refractivity contribution in [1.29, 1.82) is 5.26 Å². The van der Waals surface area contributed by atoms with Crippen LogP contribution in [0.3, 0.4) is 0 Å². The molecule has 0 saturated carbocycles. The molecule has 0 spiro atoms. The van der Waals surface area contributed by atoms with Crippen LogP contribution in [0.15, 0.2) is 48.5 Å². The van der Waals surface area contributed by atoms with Gasteiger partial charge < -0.3 is 15.0 Å². The first kappa shape index (κ1) is 23.6. The number of aryl methyl sites for hydroxylation is 2. The van der Waals surface area contributed by atoms with E-state index in [1.807, 2.05) is 44.2 Å². The van der Waals surface area contributed by atoms with Crippen LogP contribution in [-0.2, 0) is 14.3 Å². The molecule has 0 radical (unpaired) electrons. The number of anilines is 1. The van der Waals surface area contributed by atoms with Crippen molar-refractivity contribution in [3.05, 3.63) is 65.2 Å². The van der Waals surface area contributed by atoms with Gasteiger partial charge >= 0.3 is 5.97 Å². The lowest BCUT2D eigenvalue weighted by Crippen LogP contribution is -2.37. The summed E-state index contributed by atoms with van der Waals surface area (Å²) in [5.41, 5.74) is 3.14. The summed E-state index contributed by atoms with van der Waals surface area (Å²) in [5, 5.41) is 11.6. The average Bonchev–Trinajstić information content (AvgIpc) is 2.72. The molecule has 0 aliphatic rings. The van der Waals surface area contributed by atoms with E-state index in [2.05, 4.69) is 5.32 Å². The fourth-order valence-electron chi connectivity index (χ4n) is 3.14. The van der Waals surface area contributed by atoms with Crippen molar-refractivity contribution in [1.82, 2.24) is 5.32 Å². The van der Waals surface area contributed by atoms with Crippen molar-refractivity contribution in [2.75, 3.05) is 18.1 Å². The topological polar surface area (TPSA) is 99.5 Å². The van der Waals surface area contributed by atoms with Crippen LogP contribution in [0.2, 0.25) is 0 Å². The van der Waals surface area contributed by atoms with Crippen molar-refractivity contribution in [3.63, 3.8) is 0 Å². The Morgan fingerprint density at radius 2 is 1.74 bits per heavy atom. The number of nitriles is 1. The van der Waals surface area contributed by atoms with Crippen molar-refractivity contribution >= 4 is 23.5 Å². The highest BCUT2D eigenvalue weighted by Gasteiger charge is 2.20. The zero-order valence-corrected chi connectivity index (χ0v) is 18.1. The predicted molar refractivity (Wildman–Crippen MR) is 117 cm³/mol. The summed E-state index contributed by atoms with van der Waals surface area (Å²) < 4.78 is 5.14. The van der Waals surface area contributed by atoms with E-state index in [4.69, 9.17) is 10.00 Å². The molecule has 0 aromatic heterocycles. The second-order valence-corrected chi connectivity index (χ2v) is 7.40. The van der Waals surface area contributed by atoms with E-state index >= 15 is 0 Å². The second-order valence-electron chi connectivity index (χ2n) is 7.40. The van der Waals surface area contributed by atoms with E-state index < -0.39 is 24.5 Å². The lowest BCUT2D eigenvalue weighted by atomic mass is 10.1. The van der Waals surface area contributed by atoms with Crippen LogP contribution in [0.25, 0.3) is 0 Å². The number of rotatable bonds is 9. The minimum atomic E-state index is -0.588. The number of nitrogens with zero attached hydrogens (tertiary/aromatic N) is 2. The number of carbonyl (C=O) groups is 3. The molecule has 0 unspecified atom stereocenters. The Labute approximate surface area is 182 Å². The molecule has 2 rings (SSSR count). The van der Waals surface area contributed by atoms with Crippen LogP contribution in [-0.4, -0.2) is 37.0 Å². The largest absolute Gasteiger partial charge is 0.455 e. The summed E-state index contributed by atoms with van der Waals surface area (Å²) in [6, 6.07) is 16.0. The van der Waals surface area contributed by atoms with Gasteiger partial charge in [-0.2, -0.15) is 5.26 Å². The molecule has 0 saturated heterocycles. The third-order valence-corrected chi connectivity index (χ3v) is 4.51. The molecule has 2 aromatic rings. The molecule has 1 atom stereocenters. The molecular formula is C24H27N3O4. The fraction of sp³-hybridized carbons (Fsp3) is 0.333. The number of hydrogen-bond acceptors (Lipinski definition) is 5. The molecule has 0 aliphatic heterocycles. The summed E-state index contributed by atoms with van der Waals surface area (Å²) in [7, 11) is 0. The molecule has 0 fully saturated rings. The molecule has 2 aromatic carbocycles. The van der Waals surface area contributed by atoms with Crippen LogP contribution in [0.5, 0.6) is 0 Å².